The van der Waals surface area contributed by atoms with Crippen molar-refractivity contribution >= 4 is 34.0 Å². The smallest absolute Gasteiger partial charge is 0.320 e. The van der Waals surface area contributed by atoms with Gasteiger partial charge in [-0.05, 0) is 23.6 Å². The highest BCUT2D eigenvalue weighted by molar-refractivity contribution is 6.42. The van der Waals surface area contributed by atoms with Gasteiger partial charge in [0.1, 0.15) is 0 Å². The molecule has 0 unspecified atom stereocenters. The largest absolute Gasteiger partial charge is 0.361 e. The average molecular weight is 290 g/mol. The highest BCUT2D eigenvalue weighted by Crippen LogP contribution is 2.32. The lowest BCUT2D eigenvalue weighted by Crippen LogP contribution is -2.37. The molecule has 0 spiro atoms. The lowest BCUT2D eigenvalue weighted by molar-refractivity contribution is -0.135. The first-order chi connectivity index (χ1) is 10.7. The molecule has 0 saturated carbocycles. The third-order valence-corrected chi connectivity index (χ3v) is 3.44. The van der Waals surface area contributed by atoms with Crippen LogP contribution in [0, 0.1) is 0 Å². The third kappa shape index (κ3) is 2.42. The summed E-state index contributed by atoms with van der Waals surface area (Å²) in [5.74, 6) is -1.75. The Hall–Kier alpha value is -3.14. The number of para-hydroxylation sites is 1. The molecule has 3 aromatic carbocycles. The standard InChI is InChI=1S/C18H14N2O2/c19-17(21)18(22)20(14-9-2-1-3-10-14)16-12-6-8-13-7-4-5-11-15(13)16/h1-12H,(H2,19,21). The van der Waals surface area contributed by atoms with Gasteiger partial charge in [0.2, 0.25) is 0 Å². The minimum Gasteiger partial charge on any atom is -0.361 e. The Labute approximate surface area is 127 Å². The van der Waals surface area contributed by atoms with Crippen molar-refractivity contribution < 1.29 is 9.59 Å². The number of carbonyl (C=O) groups is 2. The van der Waals surface area contributed by atoms with Crippen LogP contribution in [0.2, 0.25) is 0 Å². The van der Waals surface area contributed by atoms with Gasteiger partial charge < -0.3 is 5.73 Å². The van der Waals surface area contributed by atoms with Crippen LogP contribution in [0.1, 0.15) is 0 Å². The van der Waals surface area contributed by atoms with Crippen molar-refractivity contribution in [1.82, 2.24) is 0 Å². The van der Waals surface area contributed by atoms with Crippen molar-refractivity contribution in [3.8, 4) is 0 Å². The monoisotopic (exact) mass is 290 g/mol. The molecule has 0 aliphatic heterocycles. The highest BCUT2D eigenvalue weighted by atomic mass is 16.2. The number of primary amides is 1. The zero-order chi connectivity index (χ0) is 15.5. The number of nitrogens with zero attached hydrogens (tertiary/aromatic N) is 1. The van der Waals surface area contributed by atoms with E-state index < -0.39 is 11.8 Å². The molecule has 0 saturated heterocycles. The van der Waals surface area contributed by atoms with Crippen LogP contribution >= 0.6 is 0 Å². The van der Waals surface area contributed by atoms with E-state index in [0.717, 1.165) is 10.8 Å². The lowest BCUT2D eigenvalue weighted by Gasteiger charge is -2.23. The molecule has 2 amide bonds. The Morgan fingerprint density at radius 3 is 2.14 bits per heavy atom. The first kappa shape index (κ1) is 13.8. The topological polar surface area (TPSA) is 63.4 Å². The Balaban J connectivity index is 2.25. The van der Waals surface area contributed by atoms with Crippen molar-refractivity contribution in [1.29, 1.82) is 0 Å². The van der Waals surface area contributed by atoms with Crippen molar-refractivity contribution in [3.05, 3.63) is 72.8 Å². The number of fused-ring (bicyclic) bond motifs is 1. The van der Waals surface area contributed by atoms with Crippen LogP contribution in [0.25, 0.3) is 10.8 Å². The molecule has 0 aliphatic carbocycles. The van der Waals surface area contributed by atoms with Gasteiger partial charge in [-0.1, -0.05) is 54.6 Å². The number of rotatable bonds is 2. The van der Waals surface area contributed by atoms with Crippen LogP contribution in [0.5, 0.6) is 0 Å². The average Bonchev–Trinajstić information content (AvgIpc) is 2.56. The zero-order valence-electron chi connectivity index (χ0n) is 11.8. The van der Waals surface area contributed by atoms with E-state index in [-0.39, 0.29) is 0 Å². The minimum atomic E-state index is -0.989. The predicted molar refractivity (Wildman–Crippen MR) is 86.7 cm³/mol. The molecule has 0 aromatic heterocycles. The van der Waals surface area contributed by atoms with Gasteiger partial charge in [-0.3, -0.25) is 14.5 Å². The fourth-order valence-electron chi connectivity index (χ4n) is 2.46. The van der Waals surface area contributed by atoms with Gasteiger partial charge in [-0.2, -0.15) is 0 Å². The Morgan fingerprint density at radius 1 is 0.773 bits per heavy atom. The summed E-state index contributed by atoms with van der Waals surface area (Å²) in [6.45, 7) is 0. The fraction of sp³-hybridized carbons (Fsp3) is 0. The van der Waals surface area contributed by atoms with E-state index in [4.69, 9.17) is 5.73 Å². The molecule has 0 bridgehead atoms. The number of carbonyl (C=O) groups excluding carboxylic acids is 2. The van der Waals surface area contributed by atoms with Gasteiger partial charge in [0.05, 0.1) is 5.69 Å². The van der Waals surface area contributed by atoms with Gasteiger partial charge >= 0.3 is 11.8 Å². The predicted octanol–water partition coefficient (Wildman–Crippen LogP) is 2.99. The zero-order valence-corrected chi connectivity index (χ0v) is 11.8. The molecule has 0 atom stereocenters. The minimum absolute atomic E-state index is 0.600. The van der Waals surface area contributed by atoms with Gasteiger partial charge in [-0.25, -0.2) is 0 Å². The summed E-state index contributed by atoms with van der Waals surface area (Å²) in [5.41, 5.74) is 6.46. The van der Waals surface area contributed by atoms with Gasteiger partial charge in [0.25, 0.3) is 0 Å². The SMILES string of the molecule is NC(=O)C(=O)N(c1ccccc1)c1cccc2ccccc12. The van der Waals surface area contributed by atoms with Crippen LogP contribution in [-0.2, 0) is 9.59 Å². The Bertz CT molecular complexity index is 839. The molecule has 4 heteroatoms. The van der Waals surface area contributed by atoms with Crippen molar-refractivity contribution in [3.63, 3.8) is 0 Å². The van der Waals surface area contributed by atoms with Crippen LogP contribution in [-0.4, -0.2) is 11.8 Å². The molecule has 108 valence electrons. The fourth-order valence-corrected chi connectivity index (χ4v) is 2.46. The van der Waals surface area contributed by atoms with Crippen LogP contribution in [0.4, 0.5) is 11.4 Å². The summed E-state index contributed by atoms with van der Waals surface area (Å²) in [4.78, 5) is 25.1. The number of hydrogen-bond acceptors (Lipinski definition) is 2. The maximum absolute atomic E-state index is 12.3. The summed E-state index contributed by atoms with van der Waals surface area (Å²) in [6, 6.07) is 22.3. The molecule has 0 fully saturated rings. The number of nitrogens with two attached hydrogens (primary N) is 1. The number of benzene rings is 3. The van der Waals surface area contributed by atoms with Gasteiger partial charge in [0.15, 0.2) is 0 Å². The van der Waals surface area contributed by atoms with Crippen LogP contribution < -0.4 is 10.6 Å². The molecule has 3 aromatic rings. The second-order valence-corrected chi connectivity index (χ2v) is 4.84. The lowest BCUT2D eigenvalue weighted by atomic mass is 10.1. The van der Waals surface area contributed by atoms with E-state index in [1.807, 2.05) is 54.6 Å². The van der Waals surface area contributed by atoms with E-state index in [9.17, 15) is 9.59 Å². The van der Waals surface area contributed by atoms with E-state index in [0.29, 0.717) is 11.4 Å². The molecule has 0 aliphatic rings. The molecule has 0 radical (unpaired) electrons. The maximum atomic E-state index is 12.3. The first-order valence-corrected chi connectivity index (χ1v) is 6.85. The van der Waals surface area contributed by atoms with Crippen LogP contribution in [0.3, 0.4) is 0 Å². The quantitative estimate of drug-likeness (QED) is 0.737. The number of anilines is 2. The van der Waals surface area contributed by atoms with E-state index in [1.165, 1.54) is 4.90 Å². The number of amides is 2. The normalized spacial score (nSPS) is 10.4. The molecular weight excluding hydrogens is 276 g/mol. The number of hydrogen-bond donors (Lipinski definition) is 1. The summed E-state index contributed by atoms with van der Waals surface area (Å²) < 4.78 is 0. The Morgan fingerprint density at radius 2 is 1.41 bits per heavy atom. The molecule has 0 heterocycles. The van der Waals surface area contributed by atoms with Crippen LogP contribution in [0.15, 0.2) is 72.8 Å². The molecule has 22 heavy (non-hydrogen) atoms. The maximum Gasteiger partial charge on any atom is 0.320 e. The highest BCUT2D eigenvalue weighted by Gasteiger charge is 2.23. The first-order valence-electron chi connectivity index (χ1n) is 6.85. The second-order valence-electron chi connectivity index (χ2n) is 4.84. The van der Waals surface area contributed by atoms with Crippen molar-refractivity contribution in [2.75, 3.05) is 4.90 Å². The molecular formula is C18H14N2O2. The Kier molecular flexibility index (Phi) is 3.58. The third-order valence-electron chi connectivity index (χ3n) is 3.44. The van der Waals surface area contributed by atoms with Gasteiger partial charge in [-0.15, -0.1) is 0 Å². The summed E-state index contributed by atoms with van der Waals surface area (Å²) in [6.07, 6.45) is 0. The summed E-state index contributed by atoms with van der Waals surface area (Å²) in [7, 11) is 0. The van der Waals surface area contributed by atoms with Crippen molar-refractivity contribution in [2.45, 2.75) is 0 Å². The molecule has 3 rings (SSSR count). The summed E-state index contributed by atoms with van der Waals surface area (Å²) >= 11 is 0. The van der Waals surface area contributed by atoms with E-state index in [2.05, 4.69) is 0 Å². The summed E-state index contributed by atoms with van der Waals surface area (Å²) in [5, 5.41) is 1.86. The molecule has 2 N–H and O–H groups in total. The second kappa shape index (κ2) is 5.69. The van der Waals surface area contributed by atoms with E-state index in [1.54, 1.807) is 18.2 Å². The van der Waals surface area contributed by atoms with Crippen molar-refractivity contribution in [2.24, 2.45) is 5.73 Å². The van der Waals surface area contributed by atoms with E-state index >= 15 is 0 Å². The van der Waals surface area contributed by atoms with Gasteiger partial charge in [0, 0.05) is 11.1 Å². The molecule has 4 nitrogen and oxygen atoms in total.